The Morgan fingerprint density at radius 2 is 2.11 bits per heavy atom. The molecular weight excluding hydrogens is 269 g/mol. The van der Waals surface area contributed by atoms with Crippen LogP contribution in [0.25, 0.3) is 0 Å². The lowest BCUT2D eigenvalue weighted by molar-refractivity contribution is -0.385. The molecule has 0 aliphatic heterocycles. The lowest BCUT2D eigenvalue weighted by atomic mass is 10.1. The highest BCUT2D eigenvalue weighted by Crippen LogP contribution is 2.21. The summed E-state index contributed by atoms with van der Waals surface area (Å²) < 4.78 is 35.4. The van der Waals surface area contributed by atoms with Crippen molar-refractivity contribution in [2.75, 3.05) is 6.61 Å². The van der Waals surface area contributed by atoms with Crippen molar-refractivity contribution in [2.24, 2.45) is 0 Å². The first kappa shape index (κ1) is 14.9. The van der Waals surface area contributed by atoms with Gasteiger partial charge in [0, 0.05) is 11.6 Å². The van der Waals surface area contributed by atoms with Gasteiger partial charge in [-0.15, -0.1) is 0 Å². The number of carbonyl (C=O) groups excluding carboxylic acids is 1. The first-order valence-corrected chi connectivity index (χ1v) is 4.95. The SMILES string of the molecule is Cc1c(C(=O)NOCC(F)(F)F)cccc1[N+](=O)[O-]. The maximum atomic E-state index is 11.8. The average molecular weight is 278 g/mol. The van der Waals surface area contributed by atoms with E-state index in [1.54, 1.807) is 5.48 Å². The van der Waals surface area contributed by atoms with Gasteiger partial charge in [-0.05, 0) is 13.0 Å². The largest absolute Gasteiger partial charge is 0.414 e. The van der Waals surface area contributed by atoms with E-state index in [0.29, 0.717) is 0 Å². The predicted molar refractivity (Wildman–Crippen MR) is 57.3 cm³/mol. The molecule has 0 atom stereocenters. The summed E-state index contributed by atoms with van der Waals surface area (Å²) in [5.41, 5.74) is 1.19. The molecule has 0 bridgehead atoms. The van der Waals surface area contributed by atoms with Crippen LogP contribution in [0.15, 0.2) is 18.2 Å². The highest BCUT2D eigenvalue weighted by molar-refractivity contribution is 5.95. The Morgan fingerprint density at radius 1 is 1.47 bits per heavy atom. The first-order valence-electron chi connectivity index (χ1n) is 4.95. The van der Waals surface area contributed by atoms with E-state index in [2.05, 4.69) is 4.84 Å². The van der Waals surface area contributed by atoms with Gasteiger partial charge in [-0.1, -0.05) is 6.07 Å². The number of carbonyl (C=O) groups is 1. The molecule has 104 valence electrons. The van der Waals surface area contributed by atoms with Gasteiger partial charge < -0.3 is 0 Å². The Kier molecular flexibility index (Phi) is 4.43. The van der Waals surface area contributed by atoms with Gasteiger partial charge >= 0.3 is 6.18 Å². The van der Waals surface area contributed by atoms with E-state index in [1.165, 1.54) is 25.1 Å². The van der Waals surface area contributed by atoms with Crippen LogP contribution in [0.2, 0.25) is 0 Å². The molecular formula is C10H9F3N2O4. The smallest absolute Gasteiger partial charge is 0.267 e. The molecule has 1 aromatic carbocycles. The normalized spacial score (nSPS) is 11.2. The van der Waals surface area contributed by atoms with Gasteiger partial charge in [0.25, 0.3) is 11.6 Å². The molecule has 0 aliphatic carbocycles. The van der Waals surface area contributed by atoms with Crippen molar-refractivity contribution in [3.05, 3.63) is 39.4 Å². The van der Waals surface area contributed by atoms with Gasteiger partial charge in [-0.2, -0.15) is 13.2 Å². The van der Waals surface area contributed by atoms with Crippen LogP contribution < -0.4 is 5.48 Å². The molecule has 6 nitrogen and oxygen atoms in total. The molecule has 19 heavy (non-hydrogen) atoms. The molecule has 0 radical (unpaired) electrons. The van der Waals surface area contributed by atoms with E-state index in [-0.39, 0.29) is 16.8 Å². The maximum absolute atomic E-state index is 11.8. The second-order valence-electron chi connectivity index (χ2n) is 3.54. The number of nitrogens with zero attached hydrogens (tertiary/aromatic N) is 1. The molecule has 0 aliphatic rings. The van der Waals surface area contributed by atoms with E-state index < -0.39 is 23.6 Å². The number of hydrogen-bond acceptors (Lipinski definition) is 4. The number of nitrogens with one attached hydrogen (secondary N) is 1. The lowest BCUT2D eigenvalue weighted by Crippen LogP contribution is -2.30. The third kappa shape index (κ3) is 4.21. The minimum absolute atomic E-state index is 0.0422. The second kappa shape index (κ2) is 5.65. The Bertz CT molecular complexity index is 502. The first-order chi connectivity index (χ1) is 8.72. The quantitative estimate of drug-likeness (QED) is 0.675. The third-order valence-electron chi connectivity index (χ3n) is 2.15. The Hall–Kier alpha value is -2.16. The summed E-state index contributed by atoms with van der Waals surface area (Å²) in [5.74, 6) is -0.981. The fraction of sp³-hybridized carbons (Fsp3) is 0.300. The topological polar surface area (TPSA) is 81.5 Å². The third-order valence-corrected chi connectivity index (χ3v) is 2.15. The van der Waals surface area contributed by atoms with Crippen molar-refractivity contribution in [3.63, 3.8) is 0 Å². The summed E-state index contributed by atoms with van der Waals surface area (Å²) in [5, 5.41) is 10.6. The minimum atomic E-state index is -4.58. The van der Waals surface area contributed by atoms with Gasteiger partial charge in [-0.3, -0.25) is 19.7 Å². The zero-order valence-electron chi connectivity index (χ0n) is 9.65. The van der Waals surface area contributed by atoms with E-state index in [0.717, 1.165) is 0 Å². The summed E-state index contributed by atoms with van der Waals surface area (Å²) in [6, 6.07) is 3.68. The standard InChI is InChI=1S/C10H9F3N2O4/c1-6-7(3-2-4-8(6)15(17)18)9(16)14-19-5-10(11,12)13/h2-4H,5H2,1H3,(H,14,16). The molecule has 1 N–H and O–H groups in total. The van der Waals surface area contributed by atoms with Crippen LogP contribution in [0.3, 0.4) is 0 Å². The van der Waals surface area contributed by atoms with Crippen LogP contribution in [0, 0.1) is 17.0 Å². The number of benzene rings is 1. The van der Waals surface area contributed by atoms with Crippen molar-refractivity contribution in [1.29, 1.82) is 0 Å². The molecule has 9 heteroatoms. The number of halogens is 3. The summed E-state index contributed by atoms with van der Waals surface area (Å²) in [7, 11) is 0. The molecule has 0 spiro atoms. The van der Waals surface area contributed by atoms with E-state index >= 15 is 0 Å². The molecule has 0 aromatic heterocycles. The average Bonchev–Trinajstić information content (AvgIpc) is 2.26. The van der Waals surface area contributed by atoms with Crippen LogP contribution in [-0.4, -0.2) is 23.6 Å². The minimum Gasteiger partial charge on any atom is -0.267 e. The van der Waals surface area contributed by atoms with Crippen LogP contribution >= 0.6 is 0 Å². The van der Waals surface area contributed by atoms with Crippen LogP contribution in [0.4, 0.5) is 18.9 Å². The molecule has 1 rings (SSSR count). The van der Waals surface area contributed by atoms with Crippen molar-refractivity contribution in [1.82, 2.24) is 5.48 Å². The number of alkyl halides is 3. The molecule has 0 saturated heterocycles. The lowest BCUT2D eigenvalue weighted by Gasteiger charge is -2.09. The Balaban J connectivity index is 2.78. The van der Waals surface area contributed by atoms with Crippen molar-refractivity contribution < 1.29 is 27.7 Å². The van der Waals surface area contributed by atoms with Crippen molar-refractivity contribution in [3.8, 4) is 0 Å². The number of hydrogen-bond donors (Lipinski definition) is 1. The second-order valence-corrected chi connectivity index (χ2v) is 3.54. The van der Waals surface area contributed by atoms with Gasteiger partial charge in [0.05, 0.1) is 10.5 Å². The van der Waals surface area contributed by atoms with Crippen LogP contribution in [-0.2, 0) is 4.84 Å². The zero-order chi connectivity index (χ0) is 14.6. The molecule has 0 heterocycles. The van der Waals surface area contributed by atoms with E-state index in [4.69, 9.17) is 0 Å². The Morgan fingerprint density at radius 3 is 2.63 bits per heavy atom. The van der Waals surface area contributed by atoms with Crippen molar-refractivity contribution >= 4 is 11.6 Å². The highest BCUT2D eigenvalue weighted by atomic mass is 19.4. The monoisotopic (exact) mass is 278 g/mol. The van der Waals surface area contributed by atoms with E-state index in [9.17, 15) is 28.1 Å². The number of nitro groups is 1. The number of amides is 1. The zero-order valence-corrected chi connectivity index (χ0v) is 9.65. The van der Waals surface area contributed by atoms with E-state index in [1.807, 2.05) is 0 Å². The fourth-order valence-corrected chi connectivity index (χ4v) is 1.31. The molecule has 0 fully saturated rings. The molecule has 1 amide bonds. The fourth-order valence-electron chi connectivity index (χ4n) is 1.31. The maximum Gasteiger partial charge on any atom is 0.414 e. The molecule has 0 unspecified atom stereocenters. The van der Waals surface area contributed by atoms with Crippen LogP contribution in [0.5, 0.6) is 0 Å². The van der Waals surface area contributed by atoms with Crippen molar-refractivity contribution in [2.45, 2.75) is 13.1 Å². The van der Waals surface area contributed by atoms with Crippen LogP contribution in [0.1, 0.15) is 15.9 Å². The molecule has 1 aromatic rings. The Labute approximate surface area is 105 Å². The summed E-state index contributed by atoms with van der Waals surface area (Å²) >= 11 is 0. The number of rotatable bonds is 4. The summed E-state index contributed by atoms with van der Waals surface area (Å²) in [6.45, 7) is -0.330. The highest BCUT2D eigenvalue weighted by Gasteiger charge is 2.28. The number of nitro benzene ring substituents is 1. The van der Waals surface area contributed by atoms with Gasteiger partial charge in [0.15, 0.2) is 6.61 Å². The summed E-state index contributed by atoms with van der Waals surface area (Å²) in [4.78, 5) is 25.4. The van der Waals surface area contributed by atoms with Gasteiger partial charge in [-0.25, -0.2) is 5.48 Å². The summed E-state index contributed by atoms with van der Waals surface area (Å²) in [6.07, 6.45) is -4.58. The predicted octanol–water partition coefficient (Wildman–Crippen LogP) is 2.13. The number of hydroxylamine groups is 1. The van der Waals surface area contributed by atoms with Gasteiger partial charge in [0.1, 0.15) is 0 Å². The van der Waals surface area contributed by atoms with Gasteiger partial charge in [0.2, 0.25) is 0 Å². The molecule has 0 saturated carbocycles.